The first-order chi connectivity index (χ1) is 13.7. The third-order valence-corrected chi connectivity index (χ3v) is 4.98. The highest BCUT2D eigenvalue weighted by Gasteiger charge is 2.26. The molecule has 8 heteroatoms. The van der Waals surface area contributed by atoms with Crippen LogP contribution in [0.2, 0.25) is 0 Å². The van der Waals surface area contributed by atoms with Crippen LogP contribution in [0.3, 0.4) is 0 Å². The molecule has 0 aliphatic heterocycles. The summed E-state index contributed by atoms with van der Waals surface area (Å²) in [6, 6.07) is 11.4. The fourth-order valence-electron chi connectivity index (χ4n) is 3.53. The fourth-order valence-corrected chi connectivity index (χ4v) is 3.53. The van der Waals surface area contributed by atoms with Crippen molar-refractivity contribution >= 4 is 5.91 Å². The lowest BCUT2D eigenvalue weighted by molar-refractivity contribution is 0.0936. The summed E-state index contributed by atoms with van der Waals surface area (Å²) >= 11 is 0. The lowest BCUT2D eigenvalue weighted by Crippen LogP contribution is -2.27. The quantitative estimate of drug-likeness (QED) is 0.706. The van der Waals surface area contributed by atoms with Gasteiger partial charge >= 0.3 is 0 Å². The van der Waals surface area contributed by atoms with E-state index in [1.54, 1.807) is 25.2 Å². The van der Waals surface area contributed by atoms with Crippen LogP contribution in [0.25, 0.3) is 0 Å². The molecule has 1 atom stereocenters. The first-order valence-electron chi connectivity index (χ1n) is 9.03. The molecule has 1 N–H and O–H groups in total. The van der Waals surface area contributed by atoms with Crippen molar-refractivity contribution in [3.63, 3.8) is 0 Å². The number of carbonyl (C=O) groups is 1. The second kappa shape index (κ2) is 7.67. The van der Waals surface area contributed by atoms with Gasteiger partial charge in [0.25, 0.3) is 5.91 Å². The third kappa shape index (κ3) is 3.53. The van der Waals surface area contributed by atoms with Crippen LogP contribution in [-0.4, -0.2) is 40.3 Å². The molecule has 28 heavy (non-hydrogen) atoms. The Labute approximate surface area is 162 Å². The van der Waals surface area contributed by atoms with Crippen molar-refractivity contribution in [1.82, 2.24) is 25.5 Å². The van der Waals surface area contributed by atoms with Crippen molar-refractivity contribution in [2.24, 2.45) is 0 Å². The maximum absolute atomic E-state index is 12.7. The molecule has 0 saturated carbocycles. The van der Waals surface area contributed by atoms with Gasteiger partial charge in [-0.25, -0.2) is 4.68 Å². The number of aromatic nitrogens is 4. The van der Waals surface area contributed by atoms with Crippen LogP contribution in [0.1, 0.15) is 39.5 Å². The Balaban J connectivity index is 1.46. The first-order valence-corrected chi connectivity index (χ1v) is 9.03. The second-order valence-electron chi connectivity index (χ2n) is 6.68. The van der Waals surface area contributed by atoms with E-state index in [2.05, 4.69) is 20.8 Å². The predicted octanol–water partition coefficient (Wildman–Crippen LogP) is 2.16. The molecule has 1 aliphatic rings. The summed E-state index contributed by atoms with van der Waals surface area (Å²) in [5.41, 5.74) is 3.90. The van der Waals surface area contributed by atoms with Gasteiger partial charge < -0.3 is 14.8 Å². The standard InChI is InChI=1S/C20H21N5O3/c1-27-18-9-15-7-8-17(16(15)10-19(18)28-2)22-20(26)14-5-3-13(4-6-14)11-25-12-21-23-24-25/h3-6,9-10,12,17H,7-8,11H2,1-2H3,(H,22,26). The Morgan fingerprint density at radius 2 is 1.93 bits per heavy atom. The number of benzene rings is 2. The average molecular weight is 379 g/mol. The summed E-state index contributed by atoms with van der Waals surface area (Å²) in [4.78, 5) is 12.7. The lowest BCUT2D eigenvalue weighted by Gasteiger charge is -2.16. The van der Waals surface area contributed by atoms with Crippen LogP contribution >= 0.6 is 0 Å². The van der Waals surface area contributed by atoms with E-state index >= 15 is 0 Å². The van der Waals surface area contributed by atoms with E-state index in [4.69, 9.17) is 9.47 Å². The third-order valence-electron chi connectivity index (χ3n) is 4.98. The maximum atomic E-state index is 12.7. The van der Waals surface area contributed by atoms with Gasteiger partial charge in [0, 0.05) is 5.56 Å². The number of ether oxygens (including phenoxy) is 2. The molecule has 1 unspecified atom stereocenters. The lowest BCUT2D eigenvalue weighted by atomic mass is 10.1. The van der Waals surface area contributed by atoms with Crippen LogP contribution in [0.5, 0.6) is 11.5 Å². The molecule has 2 aromatic carbocycles. The SMILES string of the molecule is COc1cc2c(cc1OC)C(NC(=O)c1ccc(Cn3cnnn3)cc1)CC2. The molecule has 1 heterocycles. The highest BCUT2D eigenvalue weighted by molar-refractivity contribution is 5.94. The predicted molar refractivity (Wildman–Crippen MR) is 101 cm³/mol. The molecule has 144 valence electrons. The minimum absolute atomic E-state index is 0.0387. The molecule has 0 saturated heterocycles. The second-order valence-corrected chi connectivity index (χ2v) is 6.68. The Morgan fingerprint density at radius 1 is 1.18 bits per heavy atom. The number of amides is 1. The number of carbonyl (C=O) groups excluding carboxylic acids is 1. The summed E-state index contributed by atoms with van der Waals surface area (Å²) in [7, 11) is 3.24. The number of nitrogens with one attached hydrogen (secondary N) is 1. The van der Waals surface area contributed by atoms with Crippen LogP contribution in [-0.2, 0) is 13.0 Å². The molecule has 0 fully saturated rings. The molecule has 1 amide bonds. The van der Waals surface area contributed by atoms with Gasteiger partial charge in [-0.3, -0.25) is 4.79 Å². The van der Waals surface area contributed by atoms with Crippen molar-refractivity contribution < 1.29 is 14.3 Å². The van der Waals surface area contributed by atoms with Crippen LogP contribution in [0.4, 0.5) is 0 Å². The molecule has 1 aromatic heterocycles. The van der Waals surface area contributed by atoms with Crippen LogP contribution in [0, 0.1) is 0 Å². The Hall–Kier alpha value is -3.42. The number of methoxy groups -OCH3 is 2. The number of aryl methyl sites for hydroxylation is 1. The average Bonchev–Trinajstić information content (AvgIpc) is 3.37. The number of fused-ring (bicyclic) bond motifs is 1. The van der Waals surface area contributed by atoms with Gasteiger partial charge in [-0.05, 0) is 64.2 Å². The summed E-state index contributed by atoms with van der Waals surface area (Å²) in [5.74, 6) is 1.29. The van der Waals surface area contributed by atoms with E-state index in [1.165, 1.54) is 5.56 Å². The zero-order valence-corrected chi connectivity index (χ0v) is 15.8. The molecule has 1 aliphatic carbocycles. The van der Waals surface area contributed by atoms with Crippen molar-refractivity contribution in [2.45, 2.75) is 25.4 Å². The van der Waals surface area contributed by atoms with Gasteiger partial charge in [-0.1, -0.05) is 12.1 Å². The van der Waals surface area contributed by atoms with Crippen molar-refractivity contribution in [2.75, 3.05) is 14.2 Å². The highest BCUT2D eigenvalue weighted by Crippen LogP contribution is 2.39. The maximum Gasteiger partial charge on any atom is 0.251 e. The highest BCUT2D eigenvalue weighted by atomic mass is 16.5. The molecule has 3 aromatic rings. The van der Waals surface area contributed by atoms with Gasteiger partial charge in [-0.15, -0.1) is 5.10 Å². The van der Waals surface area contributed by atoms with E-state index in [0.717, 1.165) is 24.0 Å². The smallest absolute Gasteiger partial charge is 0.251 e. The Morgan fingerprint density at radius 3 is 2.61 bits per heavy atom. The zero-order chi connectivity index (χ0) is 19.5. The minimum Gasteiger partial charge on any atom is -0.493 e. The normalized spacial score (nSPS) is 15.1. The Kier molecular flexibility index (Phi) is 4.92. The number of hydrogen-bond donors (Lipinski definition) is 1. The molecule has 0 spiro atoms. The molecule has 0 bridgehead atoms. The minimum atomic E-state index is -0.0957. The molecule has 4 rings (SSSR count). The van der Waals surface area contributed by atoms with Gasteiger partial charge in [0.05, 0.1) is 26.8 Å². The van der Waals surface area contributed by atoms with Crippen LogP contribution < -0.4 is 14.8 Å². The largest absolute Gasteiger partial charge is 0.493 e. The van der Waals surface area contributed by atoms with Crippen molar-refractivity contribution in [3.05, 3.63) is 65.0 Å². The van der Waals surface area contributed by atoms with E-state index < -0.39 is 0 Å². The van der Waals surface area contributed by atoms with Gasteiger partial charge in [-0.2, -0.15) is 0 Å². The van der Waals surface area contributed by atoms with E-state index in [0.29, 0.717) is 23.6 Å². The van der Waals surface area contributed by atoms with Gasteiger partial charge in [0.2, 0.25) is 0 Å². The molecular weight excluding hydrogens is 358 g/mol. The van der Waals surface area contributed by atoms with E-state index in [-0.39, 0.29) is 11.9 Å². The summed E-state index contributed by atoms with van der Waals surface area (Å²) in [5, 5.41) is 14.2. The van der Waals surface area contributed by atoms with Gasteiger partial charge in [0.15, 0.2) is 11.5 Å². The number of nitrogens with zero attached hydrogens (tertiary/aromatic N) is 4. The van der Waals surface area contributed by atoms with E-state index in [1.807, 2.05) is 36.4 Å². The fraction of sp³-hybridized carbons (Fsp3) is 0.300. The first kappa shape index (κ1) is 18.0. The molecule has 8 nitrogen and oxygen atoms in total. The van der Waals surface area contributed by atoms with Crippen LogP contribution in [0.15, 0.2) is 42.7 Å². The van der Waals surface area contributed by atoms with E-state index in [9.17, 15) is 4.79 Å². The topological polar surface area (TPSA) is 91.2 Å². The summed E-state index contributed by atoms with van der Waals surface area (Å²) in [6.45, 7) is 0.562. The molecule has 0 radical (unpaired) electrons. The number of hydrogen-bond acceptors (Lipinski definition) is 6. The van der Waals surface area contributed by atoms with Gasteiger partial charge in [0.1, 0.15) is 6.33 Å². The molecular formula is C20H21N5O3. The zero-order valence-electron chi connectivity index (χ0n) is 15.8. The number of tetrazole rings is 1. The monoisotopic (exact) mass is 379 g/mol. The Bertz CT molecular complexity index is 970. The summed E-state index contributed by atoms with van der Waals surface area (Å²) < 4.78 is 12.4. The van der Waals surface area contributed by atoms with Crippen molar-refractivity contribution in [3.8, 4) is 11.5 Å². The number of rotatable bonds is 6. The summed E-state index contributed by atoms with van der Waals surface area (Å²) in [6.07, 6.45) is 3.31. The van der Waals surface area contributed by atoms with Crippen molar-refractivity contribution in [1.29, 1.82) is 0 Å².